The van der Waals surface area contributed by atoms with Gasteiger partial charge in [0, 0.05) is 23.9 Å². The molecule has 6 rings (SSSR count). The van der Waals surface area contributed by atoms with Gasteiger partial charge in [0.2, 0.25) is 5.91 Å². The molecule has 4 saturated carbocycles. The lowest BCUT2D eigenvalue weighted by atomic mass is 9.58. The van der Waals surface area contributed by atoms with Gasteiger partial charge in [0.05, 0.1) is 18.6 Å². The summed E-state index contributed by atoms with van der Waals surface area (Å²) in [5.74, 6) is 1.81. The lowest BCUT2D eigenvalue weighted by molar-refractivity contribution is -0.133. The van der Waals surface area contributed by atoms with Gasteiger partial charge in [-0.3, -0.25) is 9.48 Å². The van der Waals surface area contributed by atoms with Gasteiger partial charge in [-0.05, 0) is 81.5 Å². The van der Waals surface area contributed by atoms with Crippen molar-refractivity contribution >= 4 is 5.91 Å². The second kappa shape index (κ2) is 7.51. The number of fused-ring (bicyclic) bond motifs is 1. The molecule has 3 unspecified atom stereocenters. The van der Waals surface area contributed by atoms with Gasteiger partial charge >= 0.3 is 0 Å². The minimum Gasteiger partial charge on any atom is -0.494 e. The van der Waals surface area contributed by atoms with Crippen molar-refractivity contribution in [1.82, 2.24) is 15.1 Å². The van der Waals surface area contributed by atoms with Crippen LogP contribution < -0.4 is 10.1 Å². The van der Waals surface area contributed by atoms with E-state index in [0.29, 0.717) is 25.1 Å². The first-order valence-electron chi connectivity index (χ1n) is 11.2. The Kier molecular flexibility index (Phi) is 4.84. The fourth-order valence-corrected chi connectivity index (χ4v) is 5.82. The van der Waals surface area contributed by atoms with Gasteiger partial charge in [-0.25, -0.2) is 0 Å². The molecule has 1 aromatic heterocycles. The number of aromatic nitrogens is 2. The Morgan fingerprint density at radius 3 is 2.76 bits per heavy atom. The van der Waals surface area contributed by atoms with E-state index < -0.39 is 0 Å². The van der Waals surface area contributed by atoms with Gasteiger partial charge in [0.25, 0.3) is 0 Å². The van der Waals surface area contributed by atoms with E-state index in [0.717, 1.165) is 25.0 Å². The summed E-state index contributed by atoms with van der Waals surface area (Å²) < 4.78 is 7.75. The maximum absolute atomic E-state index is 13.1. The molecule has 4 aliphatic carbocycles. The molecule has 3 atom stereocenters. The summed E-state index contributed by atoms with van der Waals surface area (Å²) in [6.07, 6.45) is 10.0. The number of carbonyl (C=O) groups is 1. The molecule has 154 valence electrons. The summed E-state index contributed by atoms with van der Waals surface area (Å²) in [4.78, 5) is 13.1. The summed E-state index contributed by atoms with van der Waals surface area (Å²) >= 11 is 0. The molecule has 1 amide bonds. The summed E-state index contributed by atoms with van der Waals surface area (Å²) in [5.41, 5.74) is 2.57. The predicted molar refractivity (Wildman–Crippen MR) is 112 cm³/mol. The van der Waals surface area contributed by atoms with E-state index >= 15 is 0 Å². The zero-order valence-electron chi connectivity index (χ0n) is 17.3. The normalized spacial score (nSPS) is 27.9. The number of rotatable bonds is 8. The first kappa shape index (κ1) is 18.7. The van der Waals surface area contributed by atoms with E-state index in [2.05, 4.69) is 33.3 Å². The van der Waals surface area contributed by atoms with Crippen molar-refractivity contribution in [2.75, 3.05) is 13.2 Å². The molecule has 0 saturated heterocycles. The van der Waals surface area contributed by atoms with Gasteiger partial charge in [-0.2, -0.15) is 5.10 Å². The first-order chi connectivity index (χ1) is 14.2. The minimum absolute atomic E-state index is 0.0278. The van der Waals surface area contributed by atoms with Crippen LogP contribution in [0.3, 0.4) is 0 Å². The van der Waals surface area contributed by atoms with E-state index in [1.165, 1.54) is 36.9 Å². The van der Waals surface area contributed by atoms with Crippen LogP contribution in [-0.4, -0.2) is 28.8 Å². The number of hydrogen-bond acceptors (Lipinski definition) is 3. The van der Waals surface area contributed by atoms with Crippen molar-refractivity contribution in [3.05, 3.63) is 47.8 Å². The van der Waals surface area contributed by atoms with Crippen molar-refractivity contribution in [2.24, 2.45) is 11.8 Å². The van der Waals surface area contributed by atoms with Crippen LogP contribution in [0.2, 0.25) is 0 Å². The highest BCUT2D eigenvalue weighted by atomic mass is 16.5. The monoisotopic (exact) mass is 393 g/mol. The zero-order valence-corrected chi connectivity index (χ0v) is 17.3. The first-order valence-corrected chi connectivity index (χ1v) is 11.2. The second-order valence-electron chi connectivity index (χ2n) is 9.00. The van der Waals surface area contributed by atoms with Crippen LogP contribution >= 0.6 is 0 Å². The number of amides is 1. The lowest BCUT2D eigenvalue weighted by Crippen LogP contribution is -2.53. The highest BCUT2D eigenvalue weighted by Crippen LogP contribution is 2.64. The molecular formula is C24H31N3O2. The molecule has 2 aromatic rings. The molecular weight excluding hydrogens is 362 g/mol. The van der Waals surface area contributed by atoms with E-state index in [1.807, 2.05) is 25.3 Å². The van der Waals surface area contributed by atoms with Crippen LogP contribution in [0.4, 0.5) is 0 Å². The van der Waals surface area contributed by atoms with E-state index in [4.69, 9.17) is 4.74 Å². The Hall–Kier alpha value is -2.30. The molecule has 1 aromatic carbocycles. The van der Waals surface area contributed by atoms with Crippen molar-refractivity contribution < 1.29 is 9.53 Å². The Bertz CT molecular complexity index is 867. The van der Waals surface area contributed by atoms with Crippen LogP contribution in [0.5, 0.6) is 5.75 Å². The lowest BCUT2D eigenvalue weighted by Gasteiger charge is -2.47. The molecule has 5 nitrogen and oxygen atoms in total. The minimum atomic E-state index is 0.0278. The highest BCUT2D eigenvalue weighted by Gasteiger charge is 2.64. The third-order valence-electron chi connectivity index (χ3n) is 7.49. The summed E-state index contributed by atoms with van der Waals surface area (Å²) in [5, 5.41) is 7.88. The van der Waals surface area contributed by atoms with Crippen molar-refractivity contribution in [2.45, 2.75) is 63.3 Å². The highest BCUT2D eigenvalue weighted by molar-refractivity contribution is 5.82. The van der Waals surface area contributed by atoms with E-state index in [1.54, 1.807) is 0 Å². The predicted octanol–water partition coefficient (Wildman–Crippen LogP) is 4.03. The molecule has 1 heterocycles. The molecule has 1 N–H and O–H groups in total. The van der Waals surface area contributed by atoms with Crippen LogP contribution in [-0.2, 0) is 16.6 Å². The molecule has 0 aliphatic heterocycles. The third kappa shape index (κ3) is 3.15. The van der Waals surface area contributed by atoms with Gasteiger partial charge in [0.15, 0.2) is 0 Å². The standard InChI is InChI=1S/C24H31N3O2/c1-2-29-20-8-6-17(7-9-20)11-14-25-23(28)22-18-10-13-24(22,16-18)21-12-15-26-27(21)19-4-3-5-19/h6-9,12,15,18-19,22H,2-5,10-11,13-14,16H2,1H3,(H,25,28). The van der Waals surface area contributed by atoms with Crippen molar-refractivity contribution in [3.8, 4) is 5.75 Å². The number of carbonyl (C=O) groups excluding carboxylic acids is 1. The van der Waals surface area contributed by atoms with Crippen LogP contribution in [0, 0.1) is 11.8 Å². The average molecular weight is 394 g/mol. The molecule has 29 heavy (non-hydrogen) atoms. The van der Waals surface area contributed by atoms with Crippen LogP contribution in [0.1, 0.15) is 62.7 Å². The SMILES string of the molecule is CCOc1ccc(CCNC(=O)C2C3CCC2(c2ccnn2C2CCC2)C3)cc1. The Morgan fingerprint density at radius 2 is 2.07 bits per heavy atom. The topological polar surface area (TPSA) is 56.1 Å². The number of nitrogens with zero attached hydrogens (tertiary/aromatic N) is 2. The molecule has 5 heteroatoms. The zero-order chi connectivity index (χ0) is 19.8. The van der Waals surface area contributed by atoms with E-state index in [-0.39, 0.29) is 17.2 Å². The van der Waals surface area contributed by atoms with Gasteiger partial charge in [0.1, 0.15) is 5.75 Å². The number of ether oxygens (including phenoxy) is 1. The van der Waals surface area contributed by atoms with Crippen LogP contribution in [0.25, 0.3) is 0 Å². The van der Waals surface area contributed by atoms with Crippen molar-refractivity contribution in [3.63, 3.8) is 0 Å². The Morgan fingerprint density at radius 1 is 1.24 bits per heavy atom. The fourth-order valence-electron chi connectivity index (χ4n) is 5.82. The summed E-state index contributed by atoms with van der Waals surface area (Å²) in [7, 11) is 0. The van der Waals surface area contributed by atoms with Crippen LogP contribution in [0.15, 0.2) is 36.5 Å². The van der Waals surface area contributed by atoms with E-state index in [9.17, 15) is 4.79 Å². The largest absolute Gasteiger partial charge is 0.494 e. The number of benzene rings is 1. The molecule has 4 fully saturated rings. The van der Waals surface area contributed by atoms with Gasteiger partial charge < -0.3 is 10.1 Å². The molecule has 4 aliphatic rings. The second-order valence-corrected chi connectivity index (χ2v) is 9.00. The van der Waals surface area contributed by atoms with Crippen molar-refractivity contribution in [1.29, 1.82) is 0 Å². The van der Waals surface area contributed by atoms with Gasteiger partial charge in [-0.15, -0.1) is 0 Å². The number of nitrogens with one attached hydrogen (secondary N) is 1. The number of hydrogen-bond donors (Lipinski definition) is 1. The molecule has 2 bridgehead atoms. The fraction of sp³-hybridized carbons (Fsp3) is 0.583. The summed E-state index contributed by atoms with van der Waals surface area (Å²) in [6, 6.07) is 10.9. The molecule has 0 spiro atoms. The summed E-state index contributed by atoms with van der Waals surface area (Å²) in [6.45, 7) is 3.36. The average Bonchev–Trinajstić information content (AvgIpc) is 3.37. The maximum atomic E-state index is 13.1. The smallest absolute Gasteiger partial charge is 0.224 e. The molecule has 0 radical (unpaired) electrons. The Balaban J connectivity index is 1.22. The maximum Gasteiger partial charge on any atom is 0.224 e. The van der Waals surface area contributed by atoms with Gasteiger partial charge in [-0.1, -0.05) is 12.1 Å². The Labute approximate surface area is 172 Å². The third-order valence-corrected chi connectivity index (χ3v) is 7.49. The quantitative estimate of drug-likeness (QED) is 0.737.